The van der Waals surface area contributed by atoms with E-state index in [1.807, 2.05) is 86.6 Å². The number of rotatable bonds is 6. The van der Waals surface area contributed by atoms with Gasteiger partial charge in [-0.25, -0.2) is 14.8 Å². The van der Waals surface area contributed by atoms with Crippen molar-refractivity contribution in [2.24, 2.45) is 0 Å². The minimum Gasteiger partial charge on any atom is -0.370 e. The van der Waals surface area contributed by atoms with Crippen LogP contribution in [0.2, 0.25) is 0 Å². The number of hydrogen-bond acceptors (Lipinski definition) is 5. The van der Waals surface area contributed by atoms with Crippen molar-refractivity contribution in [2.45, 2.75) is 13.8 Å². The first kappa shape index (κ1) is 20.2. The van der Waals surface area contributed by atoms with Crippen molar-refractivity contribution in [1.82, 2.24) is 9.97 Å². The number of amides is 2. The molecule has 0 saturated heterocycles. The average Bonchev–Trinajstić information content (AvgIpc) is 2.75. The molecule has 156 valence electrons. The summed E-state index contributed by atoms with van der Waals surface area (Å²) < 4.78 is 0. The Hall–Kier alpha value is -4.13. The molecule has 0 bridgehead atoms. The molecular formula is C24H24N6O. The number of carbonyl (C=O) groups is 1. The van der Waals surface area contributed by atoms with Crippen LogP contribution < -0.4 is 21.3 Å². The highest BCUT2D eigenvalue weighted by Gasteiger charge is 2.05. The summed E-state index contributed by atoms with van der Waals surface area (Å²) in [6, 6.07) is 22.9. The molecule has 0 spiro atoms. The van der Waals surface area contributed by atoms with Gasteiger partial charge in [-0.05, 0) is 61.0 Å². The number of nitrogens with one attached hydrogen (secondary N) is 4. The highest BCUT2D eigenvalue weighted by molar-refractivity contribution is 6.01. The Morgan fingerprint density at radius 3 is 2.19 bits per heavy atom. The Bertz CT molecular complexity index is 1210. The molecule has 2 amide bonds. The lowest BCUT2D eigenvalue weighted by atomic mass is 10.1. The molecular weight excluding hydrogens is 388 g/mol. The van der Waals surface area contributed by atoms with Gasteiger partial charge in [-0.3, -0.25) is 0 Å². The van der Waals surface area contributed by atoms with Crippen molar-refractivity contribution in [3.8, 4) is 0 Å². The molecule has 7 heteroatoms. The summed E-state index contributed by atoms with van der Waals surface area (Å²) in [6.07, 6.45) is 0. The predicted octanol–water partition coefficient (Wildman–Crippen LogP) is 5.76. The lowest BCUT2D eigenvalue weighted by Crippen LogP contribution is -2.19. The monoisotopic (exact) mass is 412 g/mol. The van der Waals surface area contributed by atoms with Crippen LogP contribution in [0.4, 0.5) is 33.5 Å². The third kappa shape index (κ3) is 5.27. The normalized spacial score (nSPS) is 10.5. The zero-order valence-electron chi connectivity index (χ0n) is 17.4. The minimum atomic E-state index is -0.294. The topological polar surface area (TPSA) is 91.0 Å². The van der Waals surface area contributed by atoms with Gasteiger partial charge in [0.2, 0.25) is 0 Å². The number of carbonyl (C=O) groups excluding carboxylic acids is 1. The zero-order chi connectivity index (χ0) is 21.6. The number of urea groups is 1. The largest absolute Gasteiger partial charge is 0.370 e. The molecule has 3 aromatic carbocycles. The van der Waals surface area contributed by atoms with E-state index in [0.29, 0.717) is 17.3 Å². The second kappa shape index (κ2) is 9.13. The molecule has 4 aromatic rings. The van der Waals surface area contributed by atoms with E-state index in [4.69, 9.17) is 0 Å². The van der Waals surface area contributed by atoms with Crippen LogP contribution in [0.1, 0.15) is 12.7 Å². The molecule has 31 heavy (non-hydrogen) atoms. The SMILES string of the molecule is CCNc1cc(Nc2ccc(NC(=O)Nc3ccc4ccccc4c3)cc2)nc(C)n1. The standard InChI is InChI=1S/C24H24N6O/c1-3-25-22-15-23(27-16(2)26-22)28-19-10-12-20(13-11-19)29-24(31)30-21-9-8-17-6-4-5-7-18(17)14-21/h4-15H,3H2,1-2H3,(H2,29,30,31)(H2,25,26,27,28). The van der Waals surface area contributed by atoms with E-state index in [-0.39, 0.29) is 6.03 Å². The van der Waals surface area contributed by atoms with Gasteiger partial charge in [-0.1, -0.05) is 30.3 Å². The predicted molar refractivity (Wildman–Crippen MR) is 127 cm³/mol. The van der Waals surface area contributed by atoms with Crippen LogP contribution in [0.5, 0.6) is 0 Å². The Kier molecular flexibility index (Phi) is 5.93. The van der Waals surface area contributed by atoms with Crippen LogP contribution >= 0.6 is 0 Å². The summed E-state index contributed by atoms with van der Waals surface area (Å²) in [4.78, 5) is 21.1. The average molecular weight is 412 g/mol. The lowest BCUT2D eigenvalue weighted by Gasteiger charge is -2.11. The minimum absolute atomic E-state index is 0.294. The van der Waals surface area contributed by atoms with Gasteiger partial charge in [0.15, 0.2) is 0 Å². The maximum Gasteiger partial charge on any atom is 0.323 e. The first-order chi connectivity index (χ1) is 15.1. The van der Waals surface area contributed by atoms with Crippen molar-refractivity contribution in [2.75, 3.05) is 27.8 Å². The Balaban J connectivity index is 1.38. The zero-order valence-corrected chi connectivity index (χ0v) is 17.4. The summed E-state index contributed by atoms with van der Waals surface area (Å²) in [5.74, 6) is 2.17. The van der Waals surface area contributed by atoms with E-state index in [9.17, 15) is 4.79 Å². The molecule has 0 fully saturated rings. The maximum atomic E-state index is 12.4. The summed E-state index contributed by atoms with van der Waals surface area (Å²) in [7, 11) is 0. The van der Waals surface area contributed by atoms with E-state index in [2.05, 4.69) is 31.2 Å². The molecule has 1 aromatic heterocycles. The van der Waals surface area contributed by atoms with Crippen molar-refractivity contribution in [1.29, 1.82) is 0 Å². The number of aromatic nitrogens is 2. The molecule has 0 aliphatic carbocycles. The van der Waals surface area contributed by atoms with Crippen molar-refractivity contribution >= 4 is 45.5 Å². The number of hydrogen-bond donors (Lipinski definition) is 4. The summed E-state index contributed by atoms with van der Waals surface area (Å²) in [5.41, 5.74) is 2.29. The number of aryl methyl sites for hydroxylation is 1. The maximum absolute atomic E-state index is 12.4. The van der Waals surface area contributed by atoms with E-state index in [1.54, 1.807) is 0 Å². The fraction of sp³-hybridized carbons (Fsp3) is 0.125. The van der Waals surface area contributed by atoms with E-state index >= 15 is 0 Å². The molecule has 0 saturated carbocycles. The van der Waals surface area contributed by atoms with Crippen molar-refractivity contribution < 1.29 is 4.79 Å². The summed E-state index contributed by atoms with van der Waals surface area (Å²) in [5, 5.41) is 14.4. The van der Waals surface area contributed by atoms with E-state index in [1.165, 1.54) is 0 Å². The molecule has 1 heterocycles. The highest BCUT2D eigenvalue weighted by atomic mass is 16.2. The fourth-order valence-corrected chi connectivity index (χ4v) is 3.25. The van der Waals surface area contributed by atoms with E-state index in [0.717, 1.165) is 34.5 Å². The molecule has 0 aliphatic heterocycles. The van der Waals surface area contributed by atoms with Gasteiger partial charge >= 0.3 is 6.03 Å². The fourth-order valence-electron chi connectivity index (χ4n) is 3.25. The van der Waals surface area contributed by atoms with Gasteiger partial charge in [0.25, 0.3) is 0 Å². The van der Waals surface area contributed by atoms with Crippen LogP contribution in [-0.4, -0.2) is 22.5 Å². The number of fused-ring (bicyclic) bond motifs is 1. The summed E-state index contributed by atoms with van der Waals surface area (Å²) in [6.45, 7) is 4.66. The lowest BCUT2D eigenvalue weighted by molar-refractivity contribution is 0.262. The van der Waals surface area contributed by atoms with E-state index < -0.39 is 0 Å². The number of anilines is 5. The molecule has 0 radical (unpaired) electrons. The van der Waals surface area contributed by atoms with Gasteiger partial charge in [0.05, 0.1) is 0 Å². The second-order valence-electron chi connectivity index (χ2n) is 7.06. The van der Waals surface area contributed by atoms with Gasteiger partial charge < -0.3 is 21.3 Å². The smallest absolute Gasteiger partial charge is 0.323 e. The number of benzene rings is 3. The van der Waals surface area contributed by atoms with Crippen LogP contribution in [-0.2, 0) is 0 Å². The second-order valence-corrected chi connectivity index (χ2v) is 7.06. The van der Waals surface area contributed by atoms with Crippen LogP contribution in [0.25, 0.3) is 10.8 Å². The first-order valence-electron chi connectivity index (χ1n) is 10.1. The molecule has 0 aliphatic rings. The molecule has 4 N–H and O–H groups in total. The first-order valence-corrected chi connectivity index (χ1v) is 10.1. The Morgan fingerprint density at radius 2 is 1.42 bits per heavy atom. The third-order valence-corrected chi connectivity index (χ3v) is 4.62. The van der Waals surface area contributed by atoms with Crippen molar-refractivity contribution in [3.05, 3.63) is 78.6 Å². The molecule has 4 rings (SSSR count). The number of nitrogens with zero attached hydrogens (tertiary/aromatic N) is 2. The van der Waals surface area contributed by atoms with Crippen LogP contribution in [0, 0.1) is 6.92 Å². The Morgan fingerprint density at radius 1 is 0.774 bits per heavy atom. The Labute approximate surface area is 180 Å². The molecule has 0 unspecified atom stereocenters. The highest BCUT2D eigenvalue weighted by Crippen LogP contribution is 2.21. The van der Waals surface area contributed by atoms with Gasteiger partial charge in [0.1, 0.15) is 17.5 Å². The van der Waals surface area contributed by atoms with Crippen molar-refractivity contribution in [3.63, 3.8) is 0 Å². The summed E-state index contributed by atoms with van der Waals surface area (Å²) >= 11 is 0. The van der Waals surface area contributed by atoms with Gasteiger partial charge in [0, 0.05) is 29.7 Å². The van der Waals surface area contributed by atoms with Crippen LogP contribution in [0.15, 0.2) is 72.8 Å². The quantitative estimate of drug-likeness (QED) is 0.323. The van der Waals surface area contributed by atoms with Crippen LogP contribution in [0.3, 0.4) is 0 Å². The van der Waals surface area contributed by atoms with Gasteiger partial charge in [-0.15, -0.1) is 0 Å². The van der Waals surface area contributed by atoms with Gasteiger partial charge in [-0.2, -0.15) is 0 Å². The third-order valence-electron chi connectivity index (χ3n) is 4.62. The molecule has 0 atom stereocenters. The molecule has 7 nitrogen and oxygen atoms in total.